The lowest BCUT2D eigenvalue weighted by Crippen LogP contribution is -2.51. The number of hydrogen-bond donors (Lipinski definition) is 2. The van der Waals surface area contributed by atoms with E-state index < -0.39 is 41.2 Å². The van der Waals surface area contributed by atoms with Gasteiger partial charge in [-0.3, -0.25) is 14.2 Å². The molecular weight excluding hydrogens is 517 g/mol. The predicted octanol–water partition coefficient (Wildman–Crippen LogP) is -0.507. The van der Waals surface area contributed by atoms with Crippen LogP contribution in [-0.4, -0.2) is 74.0 Å². The maximum atomic E-state index is 13.4. The summed E-state index contributed by atoms with van der Waals surface area (Å²) < 4.78 is 19.6. The van der Waals surface area contributed by atoms with Gasteiger partial charge in [-0.1, -0.05) is 6.07 Å². The molecule has 1 saturated heterocycles. The van der Waals surface area contributed by atoms with E-state index in [-0.39, 0.29) is 41.4 Å². The molecule has 3 heterocycles. The SMILES string of the molecule is O=C(c1ccc(F)cc1)C1CCN(CCn2c(=O)c3c4cccc3n(c2=O)OC(=O)C(O)C(O)C(=O)O4)CC1. The van der Waals surface area contributed by atoms with Crippen LogP contribution in [0.1, 0.15) is 23.2 Å². The van der Waals surface area contributed by atoms with Gasteiger partial charge in [-0.2, -0.15) is 0 Å². The summed E-state index contributed by atoms with van der Waals surface area (Å²) >= 11 is 0. The van der Waals surface area contributed by atoms with Crippen molar-refractivity contribution < 1.29 is 38.6 Å². The number of nitrogens with zero attached hydrogens (tertiary/aromatic N) is 3. The molecule has 0 saturated carbocycles. The van der Waals surface area contributed by atoms with E-state index in [4.69, 9.17) is 9.57 Å². The maximum Gasteiger partial charge on any atom is 0.365 e. The minimum Gasteiger partial charge on any atom is -0.424 e. The van der Waals surface area contributed by atoms with Gasteiger partial charge in [0.1, 0.15) is 22.5 Å². The van der Waals surface area contributed by atoms with E-state index in [9.17, 15) is 38.6 Å². The van der Waals surface area contributed by atoms with Gasteiger partial charge in [0.15, 0.2) is 18.0 Å². The molecule has 3 aromatic rings. The summed E-state index contributed by atoms with van der Waals surface area (Å²) in [5.41, 5.74) is -1.53. The van der Waals surface area contributed by atoms with Crippen molar-refractivity contribution in [3.05, 3.63) is 74.7 Å². The molecule has 2 aromatic carbocycles. The Kier molecular flexibility index (Phi) is 7.12. The van der Waals surface area contributed by atoms with Crippen LogP contribution in [-0.2, 0) is 16.1 Å². The first-order valence-corrected chi connectivity index (χ1v) is 12.3. The highest BCUT2D eigenvalue weighted by Gasteiger charge is 2.36. The molecule has 204 valence electrons. The molecule has 1 aromatic heterocycles. The fraction of sp³-hybridized carbons (Fsp3) is 0.346. The lowest BCUT2D eigenvalue weighted by atomic mass is 9.89. The van der Waals surface area contributed by atoms with E-state index in [1.165, 1.54) is 42.5 Å². The fourth-order valence-electron chi connectivity index (χ4n) is 4.79. The van der Waals surface area contributed by atoms with E-state index in [0.29, 0.717) is 36.2 Å². The second kappa shape index (κ2) is 10.5. The van der Waals surface area contributed by atoms with Crippen LogP contribution in [0, 0.1) is 11.7 Å². The number of aromatic nitrogens is 2. The number of halogens is 1. The second-order valence-electron chi connectivity index (χ2n) is 9.39. The molecule has 12 nitrogen and oxygen atoms in total. The number of piperidine rings is 1. The van der Waals surface area contributed by atoms with Crippen LogP contribution in [0.5, 0.6) is 5.75 Å². The van der Waals surface area contributed by atoms with Crippen molar-refractivity contribution in [2.24, 2.45) is 5.92 Å². The zero-order chi connectivity index (χ0) is 27.8. The Labute approximate surface area is 219 Å². The molecule has 4 bridgehead atoms. The molecule has 2 atom stereocenters. The van der Waals surface area contributed by atoms with Gasteiger partial charge in [-0.05, 0) is 62.3 Å². The molecule has 2 aliphatic rings. The van der Waals surface area contributed by atoms with Gasteiger partial charge < -0.3 is 24.7 Å². The summed E-state index contributed by atoms with van der Waals surface area (Å²) in [4.78, 5) is 70.9. The van der Waals surface area contributed by atoms with Crippen molar-refractivity contribution in [2.75, 3.05) is 19.6 Å². The average molecular weight is 541 g/mol. The minimum atomic E-state index is -2.33. The smallest absolute Gasteiger partial charge is 0.365 e. The van der Waals surface area contributed by atoms with Crippen molar-refractivity contribution in [1.82, 2.24) is 14.2 Å². The molecular formula is C26H24FN3O9. The van der Waals surface area contributed by atoms with Gasteiger partial charge >= 0.3 is 17.6 Å². The Morgan fingerprint density at radius 2 is 1.59 bits per heavy atom. The number of benzene rings is 2. The van der Waals surface area contributed by atoms with Crippen LogP contribution in [0.2, 0.25) is 0 Å². The summed E-state index contributed by atoms with van der Waals surface area (Å²) in [7, 11) is 0. The number of aliphatic hydroxyl groups is 2. The molecule has 13 heteroatoms. The Morgan fingerprint density at radius 3 is 2.28 bits per heavy atom. The maximum absolute atomic E-state index is 13.4. The highest BCUT2D eigenvalue weighted by Crippen LogP contribution is 2.24. The molecule has 5 rings (SSSR count). The largest absolute Gasteiger partial charge is 0.424 e. The number of esters is 1. The normalized spacial score (nSPS) is 20.6. The lowest BCUT2D eigenvalue weighted by Gasteiger charge is -2.31. The summed E-state index contributed by atoms with van der Waals surface area (Å²) in [5, 5.41) is 19.7. The van der Waals surface area contributed by atoms with E-state index in [1.807, 2.05) is 4.90 Å². The molecule has 2 unspecified atom stereocenters. The number of ketones is 1. The van der Waals surface area contributed by atoms with Crippen molar-refractivity contribution in [1.29, 1.82) is 0 Å². The van der Waals surface area contributed by atoms with E-state index in [0.717, 1.165) is 4.57 Å². The van der Waals surface area contributed by atoms with Crippen LogP contribution in [0.3, 0.4) is 0 Å². The van der Waals surface area contributed by atoms with Crippen molar-refractivity contribution in [3.8, 4) is 5.75 Å². The van der Waals surface area contributed by atoms with Crippen LogP contribution in [0.4, 0.5) is 4.39 Å². The standard InChI is InChI=1S/C26H24FN3O9/c27-16-6-4-14(5-7-16)20(31)15-8-10-28(11-9-15)12-13-29-23(34)19-17-2-1-3-18(19)38-24(35)21(32)22(33)25(36)39-30(17)26(29)37/h1-7,15,21-22,32-33H,8-13H2. The number of rotatable bonds is 5. The first-order chi connectivity index (χ1) is 18.7. The Hall–Kier alpha value is -4.20. The molecule has 39 heavy (non-hydrogen) atoms. The molecule has 0 amide bonds. The Bertz CT molecular complexity index is 1570. The third-order valence-electron chi connectivity index (χ3n) is 6.99. The third-order valence-corrected chi connectivity index (χ3v) is 6.99. The first-order valence-electron chi connectivity index (χ1n) is 12.3. The van der Waals surface area contributed by atoms with E-state index >= 15 is 0 Å². The van der Waals surface area contributed by atoms with Crippen molar-refractivity contribution in [2.45, 2.75) is 31.6 Å². The highest BCUT2D eigenvalue weighted by molar-refractivity contribution is 5.98. The monoisotopic (exact) mass is 541 g/mol. The molecule has 2 N–H and O–H groups in total. The zero-order valence-corrected chi connectivity index (χ0v) is 20.5. The molecule has 2 aliphatic heterocycles. The quantitative estimate of drug-likeness (QED) is 0.245. The Morgan fingerprint density at radius 1 is 0.923 bits per heavy atom. The van der Waals surface area contributed by atoms with Crippen LogP contribution >= 0.6 is 0 Å². The lowest BCUT2D eigenvalue weighted by molar-refractivity contribution is -0.169. The number of hydrogen-bond acceptors (Lipinski definition) is 10. The van der Waals surface area contributed by atoms with E-state index in [2.05, 4.69) is 0 Å². The summed E-state index contributed by atoms with van der Waals surface area (Å²) in [6.45, 7) is 1.15. The number of carbonyl (C=O) groups excluding carboxylic acids is 3. The van der Waals surface area contributed by atoms with Crippen LogP contribution in [0.25, 0.3) is 10.9 Å². The number of aliphatic hydroxyl groups excluding tert-OH is 2. The number of likely N-dealkylation sites (tertiary alicyclic amines) is 1. The Balaban J connectivity index is 1.38. The molecule has 1 fully saturated rings. The predicted molar refractivity (Wildman–Crippen MR) is 132 cm³/mol. The average Bonchev–Trinajstić information content (AvgIpc) is 2.94. The highest BCUT2D eigenvalue weighted by atomic mass is 19.1. The number of Topliss-reactive ketones (excluding diaryl/α,β-unsaturated/α-hetero) is 1. The van der Waals surface area contributed by atoms with Crippen molar-refractivity contribution in [3.63, 3.8) is 0 Å². The summed E-state index contributed by atoms with van der Waals surface area (Å²) in [6, 6.07) is 9.33. The van der Waals surface area contributed by atoms with Gasteiger partial charge in [-0.15, -0.1) is 4.73 Å². The van der Waals surface area contributed by atoms with Crippen LogP contribution in [0.15, 0.2) is 52.1 Å². The molecule has 0 spiro atoms. The van der Waals surface area contributed by atoms with Gasteiger partial charge in [0, 0.05) is 24.6 Å². The topological polar surface area (TPSA) is 157 Å². The molecule has 0 radical (unpaired) electrons. The fourth-order valence-corrected chi connectivity index (χ4v) is 4.79. The molecule has 0 aliphatic carbocycles. The zero-order valence-electron chi connectivity index (χ0n) is 20.5. The van der Waals surface area contributed by atoms with Crippen molar-refractivity contribution >= 4 is 28.6 Å². The minimum absolute atomic E-state index is 0.0686. The number of ether oxygens (including phenoxy) is 1. The van der Waals surface area contributed by atoms with Gasteiger partial charge in [-0.25, -0.2) is 18.8 Å². The first kappa shape index (κ1) is 26.4. The van der Waals surface area contributed by atoms with Gasteiger partial charge in [0.25, 0.3) is 5.56 Å². The summed E-state index contributed by atoms with van der Waals surface area (Å²) in [6.07, 6.45) is -3.56. The second-order valence-corrected chi connectivity index (χ2v) is 9.39. The van der Waals surface area contributed by atoms with E-state index in [1.54, 1.807) is 0 Å². The third kappa shape index (κ3) is 4.99. The van der Waals surface area contributed by atoms with Gasteiger partial charge in [0.05, 0.1) is 0 Å². The summed E-state index contributed by atoms with van der Waals surface area (Å²) in [5.74, 6) is -3.88. The van der Waals surface area contributed by atoms with Gasteiger partial charge in [0.2, 0.25) is 0 Å². The number of carbonyl (C=O) groups is 3. The van der Waals surface area contributed by atoms with Crippen LogP contribution < -0.4 is 20.8 Å².